The summed E-state index contributed by atoms with van der Waals surface area (Å²) in [5.41, 5.74) is 0. The van der Waals surface area contributed by atoms with Crippen molar-refractivity contribution in [1.29, 1.82) is 0 Å². The van der Waals surface area contributed by atoms with Gasteiger partial charge in [0.25, 0.3) is 0 Å². The quantitative estimate of drug-likeness (QED) is 0.461. The zero-order valence-corrected chi connectivity index (χ0v) is 5.11. The van der Waals surface area contributed by atoms with Crippen LogP contribution in [0.3, 0.4) is 0 Å². The number of allylic oxidation sites excluding steroid dienone is 1. The first kappa shape index (κ1) is 4.91. The number of thiol groups is 1. The molecule has 0 N–H and O–H groups in total. The van der Waals surface area contributed by atoms with Gasteiger partial charge in [-0.2, -0.15) is 0 Å². The van der Waals surface area contributed by atoms with Crippen molar-refractivity contribution in [3.05, 3.63) is 11.5 Å². The van der Waals surface area contributed by atoms with Gasteiger partial charge in [-0.1, -0.05) is 0 Å². The molecular formula is C5H8OS. The molecule has 2 heteroatoms. The molecule has 0 amide bonds. The van der Waals surface area contributed by atoms with Gasteiger partial charge >= 0.3 is 0 Å². The number of hydrogen-bond donors (Lipinski definition) is 1. The van der Waals surface area contributed by atoms with E-state index >= 15 is 0 Å². The van der Waals surface area contributed by atoms with Crippen LogP contribution in [0.2, 0.25) is 0 Å². The maximum Gasteiger partial charge on any atom is 0.164 e. The van der Waals surface area contributed by atoms with E-state index in [2.05, 4.69) is 6.26 Å². The Morgan fingerprint density at radius 1 is 1.86 bits per heavy atom. The van der Waals surface area contributed by atoms with Crippen LogP contribution in [0.1, 0.15) is 0 Å². The summed E-state index contributed by atoms with van der Waals surface area (Å²) in [6.45, 7) is 0. The lowest BCUT2D eigenvalue weighted by Gasteiger charge is -1.96. The molecule has 1 aliphatic rings. The SMILES string of the molecule is C[SH]1C=CC(=O)C1. The Kier molecular flexibility index (Phi) is 1.19. The molecule has 0 aromatic rings. The third-order valence-electron chi connectivity index (χ3n) is 0.920. The molecule has 7 heavy (non-hydrogen) atoms. The van der Waals surface area contributed by atoms with Gasteiger partial charge in [0.05, 0.1) is 0 Å². The van der Waals surface area contributed by atoms with Crippen LogP contribution < -0.4 is 0 Å². The maximum absolute atomic E-state index is 10.4. The molecule has 1 rings (SSSR count). The summed E-state index contributed by atoms with van der Waals surface area (Å²) in [6.07, 6.45) is 3.79. The highest BCUT2D eigenvalue weighted by atomic mass is 32.2. The van der Waals surface area contributed by atoms with Crippen molar-refractivity contribution in [1.82, 2.24) is 0 Å². The van der Waals surface area contributed by atoms with Crippen LogP contribution in [0.25, 0.3) is 0 Å². The minimum absolute atomic E-state index is 0.0345. The van der Waals surface area contributed by atoms with Crippen molar-refractivity contribution < 1.29 is 4.79 Å². The van der Waals surface area contributed by atoms with E-state index in [1.807, 2.05) is 5.41 Å². The molecule has 0 bridgehead atoms. The standard InChI is InChI=1S/C5H8OS/c1-7-3-2-5(6)4-7/h2-3,7H,4H2,1H3. The van der Waals surface area contributed by atoms with E-state index in [-0.39, 0.29) is 10.9 Å². The molecule has 1 atom stereocenters. The fourth-order valence-corrected chi connectivity index (χ4v) is 1.68. The normalized spacial score (nSPS) is 34.4. The van der Waals surface area contributed by atoms with E-state index in [4.69, 9.17) is 0 Å². The van der Waals surface area contributed by atoms with E-state index in [0.29, 0.717) is 5.78 Å². The molecule has 0 saturated heterocycles. The highest BCUT2D eigenvalue weighted by Crippen LogP contribution is 2.25. The van der Waals surface area contributed by atoms with E-state index in [0.717, 1.165) is 5.75 Å². The fraction of sp³-hybridized carbons (Fsp3) is 0.400. The van der Waals surface area contributed by atoms with Crippen molar-refractivity contribution in [2.75, 3.05) is 12.0 Å². The number of ketones is 1. The third kappa shape index (κ3) is 1.06. The minimum Gasteiger partial charge on any atom is -0.294 e. The molecule has 1 aliphatic heterocycles. The van der Waals surface area contributed by atoms with Gasteiger partial charge in [-0.05, 0) is 17.7 Å². The second kappa shape index (κ2) is 1.70. The summed E-state index contributed by atoms with van der Waals surface area (Å²) in [5.74, 6) is 1.09. The lowest BCUT2D eigenvalue weighted by molar-refractivity contribution is -0.112. The van der Waals surface area contributed by atoms with Crippen LogP contribution in [0.5, 0.6) is 0 Å². The van der Waals surface area contributed by atoms with E-state index in [1.165, 1.54) is 0 Å². The van der Waals surface area contributed by atoms with Gasteiger partial charge in [-0.15, -0.1) is 0 Å². The molecule has 1 heterocycles. The van der Waals surface area contributed by atoms with E-state index < -0.39 is 0 Å². The number of hydrogen-bond acceptors (Lipinski definition) is 1. The summed E-state index contributed by atoms with van der Waals surface area (Å²) in [4.78, 5) is 10.4. The summed E-state index contributed by atoms with van der Waals surface area (Å²) in [5, 5.41) is 2.01. The van der Waals surface area contributed by atoms with Gasteiger partial charge < -0.3 is 0 Å². The summed E-state index contributed by atoms with van der Waals surface area (Å²) >= 11 is 0. The Hall–Kier alpha value is -0.240. The highest BCUT2D eigenvalue weighted by Gasteiger charge is 2.05. The van der Waals surface area contributed by atoms with Crippen LogP contribution in [0.4, 0.5) is 0 Å². The minimum atomic E-state index is -0.0345. The summed E-state index contributed by atoms with van der Waals surface area (Å²) in [7, 11) is -0.0345. The second-order valence-corrected chi connectivity index (χ2v) is 3.83. The van der Waals surface area contributed by atoms with Crippen molar-refractivity contribution >= 4 is 16.7 Å². The van der Waals surface area contributed by atoms with Gasteiger partial charge in [0.1, 0.15) is 0 Å². The van der Waals surface area contributed by atoms with E-state index in [1.54, 1.807) is 6.08 Å². The first-order valence-electron chi connectivity index (χ1n) is 2.20. The number of carbonyl (C=O) groups excluding carboxylic acids is 1. The average molecular weight is 116 g/mol. The Morgan fingerprint density at radius 2 is 2.57 bits per heavy atom. The van der Waals surface area contributed by atoms with Crippen molar-refractivity contribution in [2.45, 2.75) is 0 Å². The van der Waals surface area contributed by atoms with Gasteiger partial charge in [-0.25, -0.2) is 10.9 Å². The lowest BCUT2D eigenvalue weighted by Crippen LogP contribution is -1.90. The summed E-state index contributed by atoms with van der Waals surface area (Å²) < 4.78 is 0. The maximum atomic E-state index is 10.4. The molecule has 1 unspecified atom stereocenters. The topological polar surface area (TPSA) is 17.1 Å². The third-order valence-corrected chi connectivity index (χ3v) is 2.39. The first-order valence-corrected chi connectivity index (χ1v) is 4.24. The van der Waals surface area contributed by atoms with Gasteiger partial charge in [0.2, 0.25) is 0 Å². The largest absolute Gasteiger partial charge is 0.294 e. The monoisotopic (exact) mass is 116 g/mol. The van der Waals surface area contributed by atoms with Gasteiger partial charge in [0, 0.05) is 5.75 Å². The van der Waals surface area contributed by atoms with Crippen LogP contribution >= 0.6 is 10.9 Å². The van der Waals surface area contributed by atoms with Crippen LogP contribution in [0.15, 0.2) is 11.5 Å². The second-order valence-electron chi connectivity index (χ2n) is 1.70. The average Bonchev–Trinajstić information content (AvgIpc) is 1.87. The van der Waals surface area contributed by atoms with Gasteiger partial charge in [-0.3, -0.25) is 4.79 Å². The molecule has 1 nitrogen and oxygen atoms in total. The fourth-order valence-electron chi connectivity index (χ4n) is 0.562. The Balaban J connectivity index is 2.58. The van der Waals surface area contributed by atoms with Crippen molar-refractivity contribution in [2.24, 2.45) is 0 Å². The molecule has 40 valence electrons. The predicted octanol–water partition coefficient (Wildman–Crippen LogP) is 0.714. The molecule has 0 saturated carbocycles. The van der Waals surface area contributed by atoms with Crippen molar-refractivity contribution in [3.8, 4) is 0 Å². The predicted molar refractivity (Wildman–Crippen MR) is 33.9 cm³/mol. The Labute approximate surface area is 45.8 Å². The molecule has 0 aliphatic carbocycles. The number of rotatable bonds is 0. The van der Waals surface area contributed by atoms with Crippen LogP contribution in [-0.4, -0.2) is 17.8 Å². The van der Waals surface area contributed by atoms with Crippen LogP contribution in [-0.2, 0) is 4.79 Å². The smallest absolute Gasteiger partial charge is 0.164 e. The van der Waals surface area contributed by atoms with Crippen LogP contribution in [0, 0.1) is 0 Å². The molecular weight excluding hydrogens is 108 g/mol. The molecule has 0 radical (unpaired) electrons. The number of carbonyl (C=O) groups is 1. The van der Waals surface area contributed by atoms with Gasteiger partial charge in [0.15, 0.2) is 5.78 Å². The highest BCUT2D eigenvalue weighted by molar-refractivity contribution is 8.19. The Morgan fingerprint density at radius 3 is 2.71 bits per heavy atom. The lowest BCUT2D eigenvalue weighted by atomic mass is 10.5. The molecule has 0 aromatic heterocycles. The molecule has 0 aromatic carbocycles. The molecule has 0 spiro atoms. The molecule has 0 fully saturated rings. The Bertz CT molecular complexity index is 117. The summed E-state index contributed by atoms with van der Waals surface area (Å²) in [6, 6.07) is 0. The first-order chi connectivity index (χ1) is 3.29. The van der Waals surface area contributed by atoms with Crippen molar-refractivity contribution in [3.63, 3.8) is 0 Å². The van der Waals surface area contributed by atoms with E-state index in [9.17, 15) is 4.79 Å². The zero-order chi connectivity index (χ0) is 5.28. The zero-order valence-electron chi connectivity index (χ0n) is 4.22.